The van der Waals surface area contributed by atoms with Crippen molar-refractivity contribution in [3.63, 3.8) is 0 Å². The highest BCUT2D eigenvalue weighted by atomic mass is 16.4. The summed E-state index contributed by atoms with van der Waals surface area (Å²) in [7, 11) is 0. The largest absolute Gasteiger partial charge is 0.478 e. The van der Waals surface area contributed by atoms with Gasteiger partial charge in [-0.05, 0) is 12.1 Å². The van der Waals surface area contributed by atoms with Crippen LogP contribution in [-0.2, 0) is 9.59 Å². The molecule has 0 amide bonds. The van der Waals surface area contributed by atoms with E-state index in [1.54, 1.807) is 24.3 Å². The number of aliphatic carboxylic acids is 2. The molecule has 6 nitrogen and oxygen atoms in total. The molecule has 0 spiro atoms. The van der Waals surface area contributed by atoms with Gasteiger partial charge < -0.3 is 10.2 Å². The highest BCUT2D eigenvalue weighted by Crippen LogP contribution is 2.19. The van der Waals surface area contributed by atoms with Gasteiger partial charge in [-0.25, -0.2) is 9.59 Å². The van der Waals surface area contributed by atoms with Gasteiger partial charge >= 0.3 is 11.9 Å². The lowest BCUT2D eigenvalue weighted by Crippen LogP contribution is -2.00. The maximum atomic E-state index is 10.8. The van der Waals surface area contributed by atoms with Gasteiger partial charge in [0.2, 0.25) is 0 Å². The number of carboxylic acids is 2. The number of pyridine rings is 2. The minimum Gasteiger partial charge on any atom is -0.478 e. The van der Waals surface area contributed by atoms with Crippen LogP contribution in [0.25, 0.3) is 22.5 Å². The third-order valence-corrected chi connectivity index (χ3v) is 3.00. The fourth-order valence-electron chi connectivity index (χ4n) is 1.69. The Labute approximate surface area is 126 Å². The van der Waals surface area contributed by atoms with E-state index in [1.165, 1.54) is 12.4 Å². The zero-order chi connectivity index (χ0) is 16.3. The van der Waals surface area contributed by atoms with Gasteiger partial charge in [0.25, 0.3) is 0 Å². The van der Waals surface area contributed by atoms with Crippen LogP contribution in [0.5, 0.6) is 0 Å². The van der Waals surface area contributed by atoms with Crippen LogP contribution in [0.2, 0.25) is 0 Å². The van der Waals surface area contributed by atoms with Crippen molar-refractivity contribution < 1.29 is 19.8 Å². The third-order valence-electron chi connectivity index (χ3n) is 3.00. The Bertz CT molecular complexity index is 694. The molecule has 0 bridgehead atoms. The summed E-state index contributed by atoms with van der Waals surface area (Å²) in [5.74, 6) is -2.21. The zero-order valence-corrected chi connectivity index (χ0v) is 11.5. The summed E-state index contributed by atoms with van der Waals surface area (Å²) in [6, 6.07) is 6.42. The molecule has 110 valence electrons. The standard InChI is InChI=1S/C16H12N2O4/c1-9(15(19)20)11-3-5-13(17-7-11)14-6-4-12(8-18-14)10(2)16(21)22/h3-8H,1-2H2,(H,19,20)(H,21,22). The molecule has 6 heteroatoms. The van der Waals surface area contributed by atoms with E-state index in [4.69, 9.17) is 10.2 Å². The van der Waals surface area contributed by atoms with E-state index in [1.807, 2.05) is 0 Å². The molecule has 0 aliphatic carbocycles. The molecule has 22 heavy (non-hydrogen) atoms. The van der Waals surface area contributed by atoms with Crippen LogP contribution in [0.3, 0.4) is 0 Å². The molecule has 0 unspecified atom stereocenters. The Kier molecular flexibility index (Phi) is 4.13. The van der Waals surface area contributed by atoms with Crippen molar-refractivity contribution in [3.8, 4) is 11.4 Å². The number of hydrogen-bond donors (Lipinski definition) is 2. The molecule has 2 heterocycles. The van der Waals surface area contributed by atoms with Crippen molar-refractivity contribution >= 4 is 23.1 Å². The van der Waals surface area contributed by atoms with Crippen molar-refractivity contribution in [2.24, 2.45) is 0 Å². The lowest BCUT2D eigenvalue weighted by atomic mass is 10.1. The van der Waals surface area contributed by atoms with E-state index >= 15 is 0 Å². The van der Waals surface area contributed by atoms with Crippen molar-refractivity contribution in [3.05, 3.63) is 60.9 Å². The second-order valence-electron chi connectivity index (χ2n) is 4.43. The Morgan fingerprint density at radius 1 is 0.773 bits per heavy atom. The van der Waals surface area contributed by atoms with Crippen molar-refractivity contribution in [2.45, 2.75) is 0 Å². The average molecular weight is 296 g/mol. The molecule has 0 aliphatic heterocycles. The first-order valence-corrected chi connectivity index (χ1v) is 6.17. The number of carbonyl (C=O) groups is 2. The molecule has 0 saturated carbocycles. The number of nitrogens with zero attached hydrogens (tertiary/aromatic N) is 2. The van der Waals surface area contributed by atoms with Crippen LogP contribution in [0.4, 0.5) is 0 Å². The Morgan fingerprint density at radius 2 is 1.14 bits per heavy atom. The Hall–Kier alpha value is -3.28. The molecule has 0 radical (unpaired) electrons. The molecule has 0 saturated heterocycles. The van der Waals surface area contributed by atoms with Gasteiger partial charge in [-0.15, -0.1) is 0 Å². The molecule has 2 rings (SSSR count). The summed E-state index contributed by atoms with van der Waals surface area (Å²) >= 11 is 0. The summed E-state index contributed by atoms with van der Waals surface area (Å²) in [4.78, 5) is 29.9. The van der Waals surface area contributed by atoms with E-state index < -0.39 is 11.9 Å². The average Bonchev–Trinajstić information content (AvgIpc) is 2.53. The summed E-state index contributed by atoms with van der Waals surface area (Å²) in [6.07, 6.45) is 2.80. The van der Waals surface area contributed by atoms with Crippen LogP contribution in [0.1, 0.15) is 11.1 Å². The van der Waals surface area contributed by atoms with Gasteiger partial charge in [0.1, 0.15) is 0 Å². The summed E-state index contributed by atoms with van der Waals surface area (Å²) in [6.45, 7) is 6.91. The first kappa shape index (κ1) is 15.1. The topological polar surface area (TPSA) is 100 Å². The second kappa shape index (κ2) is 6.01. The Morgan fingerprint density at radius 3 is 1.36 bits per heavy atom. The van der Waals surface area contributed by atoms with E-state index in [0.29, 0.717) is 22.5 Å². The highest BCUT2D eigenvalue weighted by Gasteiger charge is 2.10. The maximum Gasteiger partial charge on any atom is 0.335 e. The van der Waals surface area contributed by atoms with Gasteiger partial charge in [-0.1, -0.05) is 25.3 Å². The van der Waals surface area contributed by atoms with Crippen LogP contribution < -0.4 is 0 Å². The first-order chi connectivity index (χ1) is 10.4. The minimum absolute atomic E-state index is 0.0416. The first-order valence-electron chi connectivity index (χ1n) is 6.17. The number of hydrogen-bond acceptors (Lipinski definition) is 4. The highest BCUT2D eigenvalue weighted by molar-refractivity contribution is 6.14. The van der Waals surface area contributed by atoms with Crippen molar-refractivity contribution in [1.29, 1.82) is 0 Å². The SMILES string of the molecule is C=C(C(=O)O)c1ccc(-c2ccc(C(=C)C(=O)O)cn2)nc1. The van der Waals surface area contributed by atoms with Gasteiger partial charge in [0.15, 0.2) is 0 Å². The maximum absolute atomic E-state index is 10.8. The molecule has 2 N–H and O–H groups in total. The molecule has 0 aromatic carbocycles. The molecule has 0 atom stereocenters. The predicted octanol–water partition coefficient (Wildman–Crippen LogP) is 2.34. The second-order valence-corrected chi connectivity index (χ2v) is 4.43. The summed E-state index contributed by atoms with van der Waals surface area (Å²) in [5.41, 5.74) is 1.81. The van der Waals surface area contributed by atoms with Gasteiger partial charge in [-0.2, -0.15) is 0 Å². The van der Waals surface area contributed by atoms with Crippen LogP contribution in [0, 0.1) is 0 Å². The quantitative estimate of drug-likeness (QED) is 0.821. The fourth-order valence-corrected chi connectivity index (χ4v) is 1.69. The molecule has 2 aromatic heterocycles. The minimum atomic E-state index is -1.11. The predicted molar refractivity (Wildman–Crippen MR) is 80.8 cm³/mol. The number of rotatable bonds is 5. The normalized spacial score (nSPS) is 10.0. The molecule has 0 fully saturated rings. The molecular weight excluding hydrogens is 284 g/mol. The van der Waals surface area contributed by atoms with Gasteiger partial charge in [0, 0.05) is 23.5 Å². The lowest BCUT2D eigenvalue weighted by Gasteiger charge is -2.04. The zero-order valence-electron chi connectivity index (χ0n) is 11.5. The fraction of sp³-hybridized carbons (Fsp3) is 0. The molecule has 0 aliphatic rings. The van der Waals surface area contributed by atoms with E-state index in [0.717, 1.165) is 0 Å². The smallest absolute Gasteiger partial charge is 0.335 e. The summed E-state index contributed by atoms with van der Waals surface area (Å²) in [5, 5.41) is 17.7. The Balaban J connectivity index is 2.26. The van der Waals surface area contributed by atoms with E-state index in [-0.39, 0.29) is 11.1 Å². The van der Waals surface area contributed by atoms with E-state index in [2.05, 4.69) is 23.1 Å². The third kappa shape index (κ3) is 3.06. The number of aromatic nitrogens is 2. The number of carboxylic acid groups (broad SMARTS) is 2. The van der Waals surface area contributed by atoms with Crippen LogP contribution in [0.15, 0.2) is 49.8 Å². The monoisotopic (exact) mass is 296 g/mol. The lowest BCUT2D eigenvalue weighted by molar-refractivity contribution is -0.131. The summed E-state index contributed by atoms with van der Waals surface area (Å²) < 4.78 is 0. The van der Waals surface area contributed by atoms with E-state index in [9.17, 15) is 9.59 Å². The van der Waals surface area contributed by atoms with Crippen LogP contribution in [-0.4, -0.2) is 32.1 Å². The van der Waals surface area contributed by atoms with Gasteiger partial charge in [-0.3, -0.25) is 9.97 Å². The van der Waals surface area contributed by atoms with Crippen molar-refractivity contribution in [1.82, 2.24) is 9.97 Å². The van der Waals surface area contributed by atoms with Crippen molar-refractivity contribution in [2.75, 3.05) is 0 Å². The molecular formula is C16H12N2O4. The molecule has 2 aromatic rings. The van der Waals surface area contributed by atoms with Gasteiger partial charge in [0.05, 0.1) is 22.5 Å². The van der Waals surface area contributed by atoms with Crippen LogP contribution >= 0.6 is 0 Å².